The highest BCUT2D eigenvalue weighted by Crippen LogP contribution is 2.60. The van der Waals surface area contributed by atoms with Gasteiger partial charge < -0.3 is 15.3 Å². The van der Waals surface area contributed by atoms with E-state index < -0.39 is 18.3 Å². The summed E-state index contributed by atoms with van der Waals surface area (Å²) in [5, 5.41) is 31.6. The van der Waals surface area contributed by atoms with Gasteiger partial charge in [-0.1, -0.05) is 81.5 Å². The molecule has 0 spiro atoms. The van der Waals surface area contributed by atoms with Gasteiger partial charge in [0.1, 0.15) is 0 Å². The molecular weight excluding hydrogens is 468 g/mol. The van der Waals surface area contributed by atoms with Gasteiger partial charge in [0.05, 0.1) is 18.3 Å². The Labute approximate surface area is 230 Å². The summed E-state index contributed by atoms with van der Waals surface area (Å²) in [6.07, 6.45) is 17.5. The molecular formula is C35H48O3. The van der Waals surface area contributed by atoms with Crippen molar-refractivity contribution in [3.05, 3.63) is 83.0 Å². The number of hydrogen-bond acceptors (Lipinski definition) is 3. The highest BCUT2D eigenvalue weighted by molar-refractivity contribution is 5.39. The molecule has 1 aromatic carbocycles. The molecule has 0 aliphatic heterocycles. The number of fused-ring (bicyclic) bond motifs is 1. The lowest BCUT2D eigenvalue weighted by Crippen LogP contribution is -2.35. The van der Waals surface area contributed by atoms with Gasteiger partial charge in [0, 0.05) is 11.8 Å². The zero-order chi connectivity index (χ0) is 27.1. The van der Waals surface area contributed by atoms with Gasteiger partial charge in [0.2, 0.25) is 0 Å². The summed E-state index contributed by atoms with van der Waals surface area (Å²) in [6.45, 7) is 11.1. The Bertz CT molecular complexity index is 1100. The number of benzene rings is 1. The molecule has 4 fully saturated rings. The molecule has 0 aromatic heterocycles. The van der Waals surface area contributed by atoms with Crippen LogP contribution in [0.4, 0.5) is 0 Å². The number of rotatable bonds is 7. The molecule has 4 saturated carbocycles. The van der Waals surface area contributed by atoms with Crippen LogP contribution in [-0.4, -0.2) is 33.6 Å². The summed E-state index contributed by atoms with van der Waals surface area (Å²) in [7, 11) is 0. The SMILES string of the molecule is C=C1C(=CC=C2CCC[C@]3(C)[C@@H]([C@H](C)C=C[C@@H](O)C4(c5ccc(CC)cc5)CC4)CC[C@@H]23)C[C@@H](O)C[C@@H]1O. The van der Waals surface area contributed by atoms with Crippen molar-refractivity contribution in [2.24, 2.45) is 23.2 Å². The largest absolute Gasteiger partial charge is 0.393 e. The highest BCUT2D eigenvalue weighted by atomic mass is 16.3. The van der Waals surface area contributed by atoms with Crippen molar-refractivity contribution < 1.29 is 15.3 Å². The first-order valence-corrected chi connectivity index (χ1v) is 15.1. The van der Waals surface area contributed by atoms with Gasteiger partial charge in [-0.05, 0) is 103 Å². The molecule has 3 N–H and O–H groups in total. The van der Waals surface area contributed by atoms with Crippen LogP contribution in [0.15, 0.2) is 71.9 Å². The molecule has 206 valence electrons. The van der Waals surface area contributed by atoms with E-state index in [1.807, 2.05) is 0 Å². The third-order valence-corrected chi connectivity index (χ3v) is 10.8. The fraction of sp³-hybridized carbons (Fsp3) is 0.600. The molecule has 4 aliphatic carbocycles. The Morgan fingerprint density at radius 3 is 2.47 bits per heavy atom. The molecule has 38 heavy (non-hydrogen) atoms. The third kappa shape index (κ3) is 5.15. The van der Waals surface area contributed by atoms with E-state index >= 15 is 0 Å². The van der Waals surface area contributed by atoms with E-state index in [-0.39, 0.29) is 10.8 Å². The predicted octanol–water partition coefficient (Wildman–Crippen LogP) is 6.97. The normalized spacial score (nSPS) is 36.5. The lowest BCUT2D eigenvalue weighted by atomic mass is 9.61. The van der Waals surface area contributed by atoms with Crippen LogP contribution >= 0.6 is 0 Å². The number of aliphatic hydroxyl groups is 3. The van der Waals surface area contributed by atoms with Crippen molar-refractivity contribution >= 4 is 0 Å². The van der Waals surface area contributed by atoms with Gasteiger partial charge in [-0.2, -0.15) is 0 Å². The smallest absolute Gasteiger partial charge is 0.0817 e. The van der Waals surface area contributed by atoms with Crippen LogP contribution in [0.25, 0.3) is 0 Å². The van der Waals surface area contributed by atoms with Crippen LogP contribution in [0.5, 0.6) is 0 Å². The van der Waals surface area contributed by atoms with Gasteiger partial charge in [-0.25, -0.2) is 0 Å². The lowest BCUT2D eigenvalue weighted by Gasteiger charge is -2.44. The molecule has 3 nitrogen and oxygen atoms in total. The van der Waals surface area contributed by atoms with E-state index in [4.69, 9.17) is 0 Å². The first kappa shape index (κ1) is 27.6. The predicted molar refractivity (Wildman–Crippen MR) is 156 cm³/mol. The van der Waals surface area contributed by atoms with Crippen molar-refractivity contribution in [3.8, 4) is 0 Å². The van der Waals surface area contributed by atoms with E-state index in [0.29, 0.717) is 30.6 Å². The fourth-order valence-electron chi connectivity index (χ4n) is 8.17. The minimum atomic E-state index is -0.635. The maximum Gasteiger partial charge on any atom is 0.0817 e. The second-order valence-corrected chi connectivity index (χ2v) is 13.1. The molecule has 4 aliphatic rings. The van der Waals surface area contributed by atoms with Crippen LogP contribution in [0.3, 0.4) is 0 Å². The van der Waals surface area contributed by atoms with E-state index in [2.05, 4.69) is 75.9 Å². The molecule has 0 unspecified atom stereocenters. The zero-order valence-electron chi connectivity index (χ0n) is 23.7. The number of aliphatic hydroxyl groups excluding tert-OH is 3. The van der Waals surface area contributed by atoms with Gasteiger partial charge in [0.25, 0.3) is 0 Å². The van der Waals surface area contributed by atoms with Crippen molar-refractivity contribution in [1.29, 1.82) is 0 Å². The molecule has 0 amide bonds. The maximum atomic E-state index is 11.3. The zero-order valence-corrected chi connectivity index (χ0v) is 23.7. The Balaban J connectivity index is 1.28. The number of aryl methyl sites for hydroxylation is 1. The Hall–Kier alpha value is -1.94. The summed E-state index contributed by atoms with van der Waals surface area (Å²) in [5.74, 6) is 1.62. The van der Waals surface area contributed by atoms with Crippen LogP contribution in [0.1, 0.15) is 89.7 Å². The van der Waals surface area contributed by atoms with E-state index in [9.17, 15) is 15.3 Å². The Morgan fingerprint density at radius 2 is 1.79 bits per heavy atom. The van der Waals surface area contributed by atoms with E-state index in [1.165, 1.54) is 42.4 Å². The number of hydrogen-bond donors (Lipinski definition) is 3. The second kappa shape index (κ2) is 10.9. The number of allylic oxidation sites excluding steroid dienone is 4. The molecule has 7 atom stereocenters. The quantitative estimate of drug-likeness (QED) is 0.343. The molecule has 0 heterocycles. The fourth-order valence-corrected chi connectivity index (χ4v) is 8.17. The topological polar surface area (TPSA) is 60.7 Å². The first-order valence-electron chi connectivity index (χ1n) is 15.1. The summed E-state index contributed by atoms with van der Waals surface area (Å²) in [6, 6.07) is 8.88. The van der Waals surface area contributed by atoms with Gasteiger partial charge in [-0.3, -0.25) is 0 Å². The first-order chi connectivity index (χ1) is 18.2. The minimum absolute atomic E-state index is 0.0941. The molecule has 0 radical (unpaired) electrons. The molecule has 3 heteroatoms. The molecule has 0 saturated heterocycles. The monoisotopic (exact) mass is 516 g/mol. The summed E-state index contributed by atoms with van der Waals surface area (Å²) < 4.78 is 0. The van der Waals surface area contributed by atoms with Gasteiger partial charge in [0.15, 0.2) is 0 Å². The van der Waals surface area contributed by atoms with E-state index in [1.54, 1.807) is 0 Å². The van der Waals surface area contributed by atoms with Crippen LogP contribution < -0.4 is 0 Å². The Kier molecular flexibility index (Phi) is 7.93. The molecule has 5 rings (SSSR count). The standard InChI is InChI=1S/C35H48O3/c1-5-25-9-13-28(14-10-25)35(19-20-35)33(38)17-8-23(2)30-15-16-31-26(7-6-18-34(30,31)4)11-12-27-21-29(36)22-32(37)24(27)3/h8-14,17,23,29-33,36-38H,3,5-7,15-16,18-22H2,1-2,4H3/t23-,29-,30-,31+,32+,33-,34-/m1/s1. The third-order valence-electron chi connectivity index (χ3n) is 10.8. The summed E-state index contributed by atoms with van der Waals surface area (Å²) in [4.78, 5) is 0. The van der Waals surface area contributed by atoms with Crippen LogP contribution in [-0.2, 0) is 11.8 Å². The Morgan fingerprint density at radius 1 is 1.05 bits per heavy atom. The van der Waals surface area contributed by atoms with Crippen molar-refractivity contribution in [3.63, 3.8) is 0 Å². The maximum absolute atomic E-state index is 11.3. The minimum Gasteiger partial charge on any atom is -0.393 e. The van der Waals surface area contributed by atoms with Crippen LogP contribution in [0, 0.1) is 23.2 Å². The van der Waals surface area contributed by atoms with Crippen molar-refractivity contribution in [2.75, 3.05) is 0 Å². The summed E-state index contributed by atoms with van der Waals surface area (Å²) in [5.41, 5.74) is 6.10. The highest BCUT2D eigenvalue weighted by Gasteiger charge is 2.51. The van der Waals surface area contributed by atoms with Crippen molar-refractivity contribution in [1.82, 2.24) is 0 Å². The van der Waals surface area contributed by atoms with Gasteiger partial charge >= 0.3 is 0 Å². The van der Waals surface area contributed by atoms with Crippen LogP contribution in [0.2, 0.25) is 0 Å². The van der Waals surface area contributed by atoms with E-state index in [0.717, 1.165) is 36.8 Å². The van der Waals surface area contributed by atoms with Gasteiger partial charge in [-0.15, -0.1) is 0 Å². The average molecular weight is 517 g/mol. The van der Waals surface area contributed by atoms with Crippen molar-refractivity contribution in [2.45, 2.75) is 109 Å². The second-order valence-electron chi connectivity index (χ2n) is 13.1. The lowest BCUT2D eigenvalue weighted by molar-refractivity contribution is 0.0862. The summed E-state index contributed by atoms with van der Waals surface area (Å²) >= 11 is 0. The average Bonchev–Trinajstić information content (AvgIpc) is 3.64. The molecule has 0 bridgehead atoms. The molecule has 1 aromatic rings.